The molecule has 0 saturated carbocycles. The second-order valence-electron chi connectivity index (χ2n) is 10.2. The highest BCUT2D eigenvalue weighted by Gasteiger charge is 2.46. The first-order valence-electron chi connectivity index (χ1n) is 12.6. The van der Waals surface area contributed by atoms with E-state index in [1.165, 1.54) is 0 Å². The van der Waals surface area contributed by atoms with Crippen LogP contribution in [-0.2, 0) is 31.9 Å². The van der Waals surface area contributed by atoms with Gasteiger partial charge in [-0.2, -0.15) is 0 Å². The number of hydrogen-bond donors (Lipinski definition) is 0. The highest BCUT2D eigenvalue weighted by Crippen LogP contribution is 2.42. The van der Waals surface area contributed by atoms with Crippen molar-refractivity contribution >= 4 is 8.32 Å². The number of hydrogen-bond acceptors (Lipinski definition) is 4. The lowest BCUT2D eigenvalue weighted by Crippen LogP contribution is -2.52. The van der Waals surface area contributed by atoms with Crippen LogP contribution in [0.3, 0.4) is 0 Å². The molecule has 1 aliphatic heterocycles. The highest BCUT2D eigenvalue weighted by atomic mass is 28.4. The van der Waals surface area contributed by atoms with Gasteiger partial charge in [0.25, 0.3) is 0 Å². The van der Waals surface area contributed by atoms with Gasteiger partial charge in [0.05, 0.1) is 26.1 Å². The topological polar surface area (TPSA) is 36.9 Å². The molecule has 0 amide bonds. The summed E-state index contributed by atoms with van der Waals surface area (Å²) in [6, 6.07) is 20.5. The van der Waals surface area contributed by atoms with E-state index in [0.29, 0.717) is 36.4 Å². The van der Waals surface area contributed by atoms with Crippen LogP contribution in [0.1, 0.15) is 52.7 Å². The summed E-state index contributed by atoms with van der Waals surface area (Å²) in [5.41, 5.74) is 3.82. The van der Waals surface area contributed by atoms with Gasteiger partial charge in [0, 0.05) is 0 Å². The molecule has 5 heteroatoms. The quantitative estimate of drug-likeness (QED) is 0.298. The molecule has 0 aliphatic carbocycles. The molecule has 2 aromatic carbocycles. The van der Waals surface area contributed by atoms with E-state index in [4.69, 9.17) is 18.6 Å². The Kier molecular flexibility index (Phi) is 9.95. The minimum absolute atomic E-state index is 0.209. The SMILES string of the molecule is CC(C)[Si](OC[C@H]1OC=C[C@@H](OCc2ccccc2)[C@H]1OCc1ccccc1)(C(C)C)C(C)C. The first-order valence-corrected chi connectivity index (χ1v) is 14.8. The third kappa shape index (κ3) is 6.60. The Labute approximate surface area is 207 Å². The lowest BCUT2D eigenvalue weighted by molar-refractivity contribution is -0.139. The van der Waals surface area contributed by atoms with Crippen LogP contribution in [0, 0.1) is 0 Å². The predicted octanol–water partition coefficient (Wildman–Crippen LogP) is 7.26. The van der Waals surface area contributed by atoms with Gasteiger partial charge >= 0.3 is 0 Å². The lowest BCUT2D eigenvalue weighted by atomic mass is 10.1. The van der Waals surface area contributed by atoms with Crippen LogP contribution < -0.4 is 0 Å². The van der Waals surface area contributed by atoms with Crippen molar-refractivity contribution in [3.8, 4) is 0 Å². The molecule has 0 spiro atoms. The largest absolute Gasteiger partial charge is 0.493 e. The molecule has 1 aliphatic rings. The zero-order valence-corrected chi connectivity index (χ0v) is 22.6. The van der Waals surface area contributed by atoms with Crippen LogP contribution in [0.4, 0.5) is 0 Å². The van der Waals surface area contributed by atoms with Crippen LogP contribution in [0.5, 0.6) is 0 Å². The summed E-state index contributed by atoms with van der Waals surface area (Å²) < 4.78 is 25.8. The Hall–Kier alpha value is -1.92. The van der Waals surface area contributed by atoms with Crippen molar-refractivity contribution < 1.29 is 18.6 Å². The maximum Gasteiger partial charge on any atom is 0.200 e. The van der Waals surface area contributed by atoms with Gasteiger partial charge in [0.15, 0.2) is 0 Å². The van der Waals surface area contributed by atoms with E-state index in [-0.39, 0.29) is 18.3 Å². The number of ether oxygens (including phenoxy) is 3. The van der Waals surface area contributed by atoms with Crippen LogP contribution in [0.2, 0.25) is 16.6 Å². The Morgan fingerprint density at radius 2 is 1.24 bits per heavy atom. The normalized spacial score (nSPS) is 20.8. The monoisotopic (exact) mass is 482 g/mol. The van der Waals surface area contributed by atoms with Gasteiger partial charge in [0.1, 0.15) is 18.3 Å². The average molecular weight is 483 g/mol. The zero-order valence-electron chi connectivity index (χ0n) is 21.6. The van der Waals surface area contributed by atoms with Crippen LogP contribution >= 0.6 is 0 Å². The van der Waals surface area contributed by atoms with Gasteiger partial charge < -0.3 is 18.6 Å². The van der Waals surface area contributed by atoms with Crippen molar-refractivity contribution in [2.24, 2.45) is 0 Å². The van der Waals surface area contributed by atoms with Gasteiger partial charge in [-0.1, -0.05) is 102 Å². The summed E-state index contributed by atoms with van der Waals surface area (Å²) in [6.07, 6.45) is 3.03. The van der Waals surface area contributed by atoms with Crippen molar-refractivity contribution in [3.63, 3.8) is 0 Å². The van der Waals surface area contributed by atoms with E-state index in [2.05, 4.69) is 65.8 Å². The molecule has 0 bridgehead atoms. The zero-order chi connectivity index (χ0) is 24.6. The first kappa shape index (κ1) is 26.7. The molecule has 0 radical (unpaired) electrons. The smallest absolute Gasteiger partial charge is 0.200 e. The van der Waals surface area contributed by atoms with Gasteiger partial charge in [-0.25, -0.2) is 0 Å². The van der Waals surface area contributed by atoms with E-state index < -0.39 is 8.32 Å². The Morgan fingerprint density at radius 3 is 1.74 bits per heavy atom. The van der Waals surface area contributed by atoms with Gasteiger partial charge in [-0.15, -0.1) is 0 Å². The fraction of sp³-hybridized carbons (Fsp3) is 0.517. The minimum atomic E-state index is -2.02. The summed E-state index contributed by atoms with van der Waals surface area (Å²) in [7, 11) is -2.02. The highest BCUT2D eigenvalue weighted by molar-refractivity contribution is 6.77. The van der Waals surface area contributed by atoms with Crippen molar-refractivity contribution in [3.05, 3.63) is 84.1 Å². The molecule has 4 nitrogen and oxygen atoms in total. The van der Waals surface area contributed by atoms with Crippen LogP contribution in [0.25, 0.3) is 0 Å². The molecule has 186 valence electrons. The van der Waals surface area contributed by atoms with Gasteiger partial charge in [-0.3, -0.25) is 0 Å². The van der Waals surface area contributed by atoms with Crippen LogP contribution in [-0.4, -0.2) is 33.2 Å². The maximum atomic E-state index is 6.89. The molecule has 3 rings (SSSR count). The Bertz CT molecular complexity index is 844. The van der Waals surface area contributed by atoms with Gasteiger partial charge in [0.2, 0.25) is 8.32 Å². The molecule has 1 heterocycles. The summed E-state index contributed by atoms with van der Waals surface area (Å²) in [5.74, 6) is 0. The fourth-order valence-electron chi connectivity index (χ4n) is 5.37. The number of rotatable bonds is 12. The third-order valence-corrected chi connectivity index (χ3v) is 13.1. The molecular formula is C29H42O4Si. The lowest BCUT2D eigenvalue weighted by Gasteiger charge is -2.44. The van der Waals surface area contributed by atoms with E-state index >= 15 is 0 Å². The molecule has 0 saturated heterocycles. The summed E-state index contributed by atoms with van der Waals surface area (Å²) in [5, 5.41) is 0. The van der Waals surface area contributed by atoms with Crippen molar-refractivity contribution in [2.75, 3.05) is 6.61 Å². The molecule has 0 N–H and O–H groups in total. The van der Waals surface area contributed by atoms with Gasteiger partial charge in [-0.05, 0) is 33.8 Å². The van der Waals surface area contributed by atoms with E-state index in [9.17, 15) is 0 Å². The predicted molar refractivity (Wildman–Crippen MR) is 141 cm³/mol. The van der Waals surface area contributed by atoms with E-state index in [1.54, 1.807) is 6.26 Å². The van der Waals surface area contributed by atoms with E-state index in [1.807, 2.05) is 42.5 Å². The van der Waals surface area contributed by atoms with Crippen molar-refractivity contribution in [1.82, 2.24) is 0 Å². The molecule has 3 atom stereocenters. The van der Waals surface area contributed by atoms with Crippen molar-refractivity contribution in [1.29, 1.82) is 0 Å². The molecule has 0 unspecified atom stereocenters. The molecule has 2 aromatic rings. The Balaban J connectivity index is 1.76. The maximum absolute atomic E-state index is 6.89. The third-order valence-electron chi connectivity index (χ3n) is 6.99. The standard InChI is InChI=1S/C29H42O4Si/c1-22(2)34(23(3)4,24(5)6)33-21-28-29(32-20-26-15-11-8-12-16-26)27(17-18-30-28)31-19-25-13-9-7-10-14-25/h7-18,22-24,27-29H,19-21H2,1-6H3/t27-,28-,29-/m1/s1. The summed E-state index contributed by atoms with van der Waals surface area (Å²) in [6.45, 7) is 15.4. The van der Waals surface area contributed by atoms with Crippen molar-refractivity contribution in [2.45, 2.75) is 89.7 Å². The average Bonchev–Trinajstić information content (AvgIpc) is 2.83. The fourth-order valence-corrected chi connectivity index (χ4v) is 10.8. The number of benzene rings is 2. The molecule has 0 fully saturated rings. The second kappa shape index (κ2) is 12.7. The molecule has 0 aromatic heterocycles. The minimum Gasteiger partial charge on any atom is -0.493 e. The molecule has 34 heavy (non-hydrogen) atoms. The second-order valence-corrected chi connectivity index (χ2v) is 15.6. The van der Waals surface area contributed by atoms with E-state index in [0.717, 1.165) is 11.1 Å². The summed E-state index contributed by atoms with van der Waals surface area (Å²) >= 11 is 0. The molecular weight excluding hydrogens is 440 g/mol. The van der Waals surface area contributed by atoms with Crippen LogP contribution in [0.15, 0.2) is 73.0 Å². The summed E-state index contributed by atoms with van der Waals surface area (Å²) in [4.78, 5) is 0. The Morgan fingerprint density at radius 1 is 0.735 bits per heavy atom. The first-order chi connectivity index (χ1) is 16.3.